The number of benzene rings is 1. The van der Waals surface area contributed by atoms with Gasteiger partial charge in [-0.1, -0.05) is 0 Å². The molecule has 1 aliphatic rings. The SMILES string of the molecule is Cc1ccc(C)c2c1C(=O)c1c[se]cc1C2=O. The van der Waals surface area contributed by atoms with Crippen LogP contribution in [0.25, 0.3) is 0 Å². The molecule has 0 saturated carbocycles. The molecule has 2 nitrogen and oxygen atoms in total. The van der Waals surface area contributed by atoms with Gasteiger partial charge in [0, 0.05) is 0 Å². The molecule has 1 aliphatic carbocycles. The molecular weight excluding hydrogens is 279 g/mol. The van der Waals surface area contributed by atoms with Crippen molar-refractivity contribution in [1.82, 2.24) is 0 Å². The Morgan fingerprint density at radius 1 is 0.824 bits per heavy atom. The maximum atomic E-state index is 12.4. The van der Waals surface area contributed by atoms with E-state index in [1.165, 1.54) is 0 Å². The van der Waals surface area contributed by atoms with E-state index in [1.54, 1.807) is 0 Å². The van der Waals surface area contributed by atoms with Crippen molar-refractivity contribution < 1.29 is 9.59 Å². The Balaban J connectivity index is 2.42. The molecule has 0 N–H and O–H groups in total. The van der Waals surface area contributed by atoms with E-state index in [1.807, 2.05) is 35.9 Å². The van der Waals surface area contributed by atoms with Crippen LogP contribution in [0.15, 0.2) is 22.0 Å². The van der Waals surface area contributed by atoms with Crippen LogP contribution in [0.3, 0.4) is 0 Å². The van der Waals surface area contributed by atoms with Crippen LogP contribution < -0.4 is 0 Å². The molecule has 84 valence electrons. The van der Waals surface area contributed by atoms with Crippen molar-refractivity contribution >= 4 is 26.1 Å². The molecule has 0 amide bonds. The molecule has 1 heterocycles. The van der Waals surface area contributed by atoms with Gasteiger partial charge >= 0.3 is 105 Å². The summed E-state index contributed by atoms with van der Waals surface area (Å²) >= 11 is 0.153. The van der Waals surface area contributed by atoms with Crippen molar-refractivity contribution in [1.29, 1.82) is 0 Å². The van der Waals surface area contributed by atoms with E-state index in [-0.39, 0.29) is 26.1 Å². The zero-order valence-corrected chi connectivity index (χ0v) is 11.2. The zero-order chi connectivity index (χ0) is 12.2. The summed E-state index contributed by atoms with van der Waals surface area (Å²) in [4.78, 5) is 28.6. The van der Waals surface area contributed by atoms with Crippen molar-refractivity contribution in [2.45, 2.75) is 13.8 Å². The van der Waals surface area contributed by atoms with Crippen LogP contribution in [0.1, 0.15) is 43.0 Å². The number of hydrogen-bond acceptors (Lipinski definition) is 2. The molecule has 0 unspecified atom stereocenters. The van der Waals surface area contributed by atoms with E-state index in [2.05, 4.69) is 0 Å². The van der Waals surface area contributed by atoms with Gasteiger partial charge in [-0.15, -0.1) is 0 Å². The van der Waals surface area contributed by atoms with Gasteiger partial charge in [-0.25, -0.2) is 0 Å². The van der Waals surface area contributed by atoms with Crippen molar-refractivity contribution in [3.63, 3.8) is 0 Å². The first-order valence-corrected chi connectivity index (χ1v) is 7.35. The van der Waals surface area contributed by atoms with E-state index in [0.29, 0.717) is 22.3 Å². The predicted molar refractivity (Wildman–Crippen MR) is 66.2 cm³/mol. The molecule has 0 fully saturated rings. The standard InChI is InChI=1S/C14H10O2Se/c1-7-3-4-8(2)12-11(7)13(15)9-5-17-6-10(9)14(12)16/h3-6H,1-2H3. The Morgan fingerprint density at radius 3 is 1.65 bits per heavy atom. The molecule has 0 atom stereocenters. The van der Waals surface area contributed by atoms with Crippen LogP contribution in [0, 0.1) is 13.8 Å². The average molecular weight is 289 g/mol. The summed E-state index contributed by atoms with van der Waals surface area (Å²) in [6, 6.07) is 3.82. The van der Waals surface area contributed by atoms with Gasteiger partial charge in [0.15, 0.2) is 0 Å². The molecule has 1 aromatic carbocycles. The first kappa shape index (κ1) is 10.7. The summed E-state index contributed by atoms with van der Waals surface area (Å²) in [5.41, 5.74) is 4.24. The van der Waals surface area contributed by atoms with Crippen molar-refractivity contribution in [3.05, 3.63) is 55.4 Å². The fourth-order valence-electron chi connectivity index (χ4n) is 2.31. The Bertz CT molecular complexity index is 609. The summed E-state index contributed by atoms with van der Waals surface area (Å²) in [5.74, 6) is 0.0397. The fraction of sp³-hybridized carbons (Fsp3) is 0.143. The van der Waals surface area contributed by atoms with Crippen LogP contribution in [-0.2, 0) is 0 Å². The molecule has 1 aromatic heterocycles. The molecule has 0 spiro atoms. The first-order chi connectivity index (χ1) is 8.11. The molecule has 17 heavy (non-hydrogen) atoms. The van der Waals surface area contributed by atoms with Crippen LogP contribution in [0.4, 0.5) is 0 Å². The van der Waals surface area contributed by atoms with E-state index in [0.717, 1.165) is 11.1 Å². The normalized spacial score (nSPS) is 13.5. The van der Waals surface area contributed by atoms with Crippen LogP contribution in [0.5, 0.6) is 0 Å². The van der Waals surface area contributed by atoms with Gasteiger partial charge in [0.1, 0.15) is 0 Å². The molecule has 0 radical (unpaired) electrons. The second-order valence-electron chi connectivity index (χ2n) is 4.31. The third kappa shape index (κ3) is 1.33. The van der Waals surface area contributed by atoms with Gasteiger partial charge < -0.3 is 0 Å². The molecule has 3 rings (SSSR count). The zero-order valence-electron chi connectivity index (χ0n) is 9.53. The molecule has 0 bridgehead atoms. The van der Waals surface area contributed by atoms with Gasteiger partial charge in [-0.2, -0.15) is 0 Å². The third-order valence-electron chi connectivity index (χ3n) is 3.23. The predicted octanol–water partition coefficient (Wildman–Crippen LogP) is 2.14. The molecular formula is C14H10O2Se. The molecule has 0 aliphatic heterocycles. The van der Waals surface area contributed by atoms with Crippen LogP contribution in [-0.4, -0.2) is 26.1 Å². The fourth-order valence-corrected chi connectivity index (χ4v) is 4.01. The Labute approximate surface area is 105 Å². The Kier molecular flexibility index (Phi) is 2.22. The number of ketones is 2. The summed E-state index contributed by atoms with van der Waals surface area (Å²) in [6.07, 6.45) is 0. The van der Waals surface area contributed by atoms with E-state index in [4.69, 9.17) is 0 Å². The number of carbonyl (C=O) groups is 2. The topological polar surface area (TPSA) is 34.1 Å². The third-order valence-corrected chi connectivity index (χ3v) is 4.79. The maximum absolute atomic E-state index is 12.4. The summed E-state index contributed by atoms with van der Waals surface area (Å²) < 4.78 is 0. The van der Waals surface area contributed by atoms with Crippen LogP contribution >= 0.6 is 0 Å². The molecule has 2 aromatic rings. The second-order valence-corrected chi connectivity index (χ2v) is 5.87. The van der Waals surface area contributed by atoms with E-state index in [9.17, 15) is 9.59 Å². The Morgan fingerprint density at radius 2 is 1.24 bits per heavy atom. The number of hydrogen-bond donors (Lipinski definition) is 0. The summed E-state index contributed by atoms with van der Waals surface area (Å²) in [5, 5.41) is 0. The number of rotatable bonds is 0. The average Bonchev–Trinajstić information content (AvgIpc) is 2.78. The Hall–Kier alpha value is -1.44. The van der Waals surface area contributed by atoms with Gasteiger partial charge in [-0.05, 0) is 0 Å². The van der Waals surface area contributed by atoms with Crippen molar-refractivity contribution in [2.75, 3.05) is 0 Å². The number of fused-ring (bicyclic) bond motifs is 2. The molecule has 0 saturated heterocycles. The minimum atomic E-state index is 0.0198. The molecule has 3 heteroatoms. The monoisotopic (exact) mass is 290 g/mol. The number of carbonyl (C=O) groups excluding carboxylic acids is 2. The van der Waals surface area contributed by atoms with Gasteiger partial charge in [0.05, 0.1) is 0 Å². The first-order valence-electron chi connectivity index (χ1n) is 5.37. The summed E-state index contributed by atoms with van der Waals surface area (Å²) in [6.45, 7) is 3.78. The minimum absolute atomic E-state index is 0.0198. The number of aryl methyl sites for hydroxylation is 2. The second kappa shape index (κ2) is 3.52. The van der Waals surface area contributed by atoms with Gasteiger partial charge in [-0.3, -0.25) is 0 Å². The van der Waals surface area contributed by atoms with E-state index >= 15 is 0 Å². The summed E-state index contributed by atoms with van der Waals surface area (Å²) in [7, 11) is 0. The van der Waals surface area contributed by atoms with Gasteiger partial charge in [0.2, 0.25) is 0 Å². The quantitative estimate of drug-likeness (QED) is 0.594. The van der Waals surface area contributed by atoms with Crippen molar-refractivity contribution in [2.24, 2.45) is 0 Å². The van der Waals surface area contributed by atoms with Gasteiger partial charge in [0.25, 0.3) is 0 Å². The van der Waals surface area contributed by atoms with E-state index < -0.39 is 0 Å². The van der Waals surface area contributed by atoms with Crippen LogP contribution in [0.2, 0.25) is 0 Å². The van der Waals surface area contributed by atoms with Crippen molar-refractivity contribution in [3.8, 4) is 0 Å².